The summed E-state index contributed by atoms with van der Waals surface area (Å²) in [4.78, 5) is 40.2. The molecule has 0 bridgehead atoms. The summed E-state index contributed by atoms with van der Waals surface area (Å²) in [7, 11) is 0. The molecule has 6 nitrogen and oxygen atoms in total. The molecule has 2 aromatic carbocycles. The van der Waals surface area contributed by atoms with Gasteiger partial charge in [-0.3, -0.25) is 19.3 Å². The normalized spacial score (nSPS) is 18.2. The molecule has 2 aliphatic rings. The first-order valence-corrected chi connectivity index (χ1v) is 11.1. The molecule has 1 atom stereocenters. The molecule has 1 saturated carbocycles. The Labute approximate surface area is 183 Å². The maximum atomic E-state index is 12.9. The van der Waals surface area contributed by atoms with Gasteiger partial charge in [-0.15, -0.1) is 0 Å². The van der Waals surface area contributed by atoms with E-state index in [1.54, 1.807) is 30.3 Å². The third-order valence-corrected chi connectivity index (χ3v) is 6.22. The summed E-state index contributed by atoms with van der Waals surface area (Å²) in [6.45, 7) is 3.30. The number of hydrogen-bond donors (Lipinski definition) is 2. The van der Waals surface area contributed by atoms with Crippen LogP contribution in [0, 0.1) is 5.92 Å². The van der Waals surface area contributed by atoms with E-state index in [0.29, 0.717) is 35.9 Å². The number of ketones is 1. The highest BCUT2D eigenvalue weighted by atomic mass is 16.2. The number of nitrogens with one attached hydrogen (secondary N) is 2. The van der Waals surface area contributed by atoms with Crippen molar-refractivity contribution in [2.75, 3.05) is 18.4 Å². The van der Waals surface area contributed by atoms with Crippen molar-refractivity contribution in [3.05, 3.63) is 65.7 Å². The van der Waals surface area contributed by atoms with Crippen molar-refractivity contribution in [1.29, 1.82) is 0 Å². The highest BCUT2D eigenvalue weighted by Gasteiger charge is 2.32. The van der Waals surface area contributed by atoms with Gasteiger partial charge in [0.1, 0.15) is 0 Å². The van der Waals surface area contributed by atoms with Gasteiger partial charge in [0.05, 0.1) is 11.7 Å². The minimum atomic E-state index is -0.340. The average Bonchev–Trinajstić information content (AvgIpc) is 3.63. The van der Waals surface area contributed by atoms with Crippen molar-refractivity contribution >= 4 is 23.3 Å². The van der Waals surface area contributed by atoms with Crippen LogP contribution in [-0.2, 0) is 9.59 Å². The van der Waals surface area contributed by atoms with Crippen molar-refractivity contribution < 1.29 is 14.4 Å². The molecule has 1 unspecified atom stereocenters. The molecule has 6 heteroatoms. The fraction of sp³-hybridized carbons (Fsp3) is 0.400. The molecule has 2 amide bonds. The smallest absolute Gasteiger partial charge is 0.241 e. The number of para-hydroxylation sites is 1. The molecule has 0 radical (unpaired) electrons. The summed E-state index contributed by atoms with van der Waals surface area (Å²) in [6, 6.07) is 16.2. The first-order valence-electron chi connectivity index (χ1n) is 11.1. The van der Waals surface area contributed by atoms with Crippen LogP contribution >= 0.6 is 0 Å². The van der Waals surface area contributed by atoms with Crippen LogP contribution in [0.5, 0.6) is 0 Å². The van der Waals surface area contributed by atoms with Crippen molar-refractivity contribution in [3.8, 4) is 0 Å². The van der Waals surface area contributed by atoms with E-state index in [9.17, 15) is 14.4 Å². The molecule has 162 valence electrons. The largest absolute Gasteiger partial charge is 0.353 e. The highest BCUT2D eigenvalue weighted by molar-refractivity contribution is 6.14. The second kappa shape index (κ2) is 9.43. The lowest BCUT2D eigenvalue weighted by atomic mass is 9.94. The minimum Gasteiger partial charge on any atom is -0.353 e. The monoisotopic (exact) mass is 419 g/mol. The zero-order valence-corrected chi connectivity index (χ0v) is 17.8. The van der Waals surface area contributed by atoms with Crippen molar-refractivity contribution in [2.24, 2.45) is 5.92 Å². The van der Waals surface area contributed by atoms with E-state index in [0.717, 1.165) is 25.7 Å². The van der Waals surface area contributed by atoms with Gasteiger partial charge < -0.3 is 10.6 Å². The van der Waals surface area contributed by atoms with Crippen LogP contribution in [0.2, 0.25) is 0 Å². The van der Waals surface area contributed by atoms with E-state index in [4.69, 9.17) is 0 Å². The number of nitrogens with zero attached hydrogens (tertiary/aromatic N) is 1. The van der Waals surface area contributed by atoms with E-state index in [-0.39, 0.29) is 29.6 Å². The first kappa shape index (κ1) is 21.2. The predicted octanol–water partition coefficient (Wildman–Crippen LogP) is 3.24. The maximum Gasteiger partial charge on any atom is 0.241 e. The summed E-state index contributed by atoms with van der Waals surface area (Å²) in [5.41, 5.74) is 1.58. The van der Waals surface area contributed by atoms with Crippen molar-refractivity contribution in [2.45, 2.75) is 44.7 Å². The Bertz CT molecular complexity index is 947. The Hall–Kier alpha value is -2.99. The lowest BCUT2D eigenvalue weighted by Gasteiger charge is -2.34. The Morgan fingerprint density at radius 3 is 2.23 bits per heavy atom. The Morgan fingerprint density at radius 1 is 0.903 bits per heavy atom. The number of amides is 2. The number of carbonyl (C=O) groups is 3. The van der Waals surface area contributed by atoms with Gasteiger partial charge in [-0.2, -0.15) is 0 Å². The van der Waals surface area contributed by atoms with Gasteiger partial charge in [-0.25, -0.2) is 0 Å². The van der Waals surface area contributed by atoms with Crippen LogP contribution in [-0.4, -0.2) is 47.7 Å². The van der Waals surface area contributed by atoms with Gasteiger partial charge in [0.25, 0.3) is 0 Å². The standard InChI is InChI=1S/C25H29N3O3/c1-17(28-15-13-19(14-16-28)25(31)26-20-11-12-20)24(30)27-22-10-6-5-9-21(22)23(29)18-7-3-2-4-8-18/h2-10,17,19-20H,11-16H2,1H3,(H,26,31)(H,27,30). The van der Waals surface area contributed by atoms with E-state index >= 15 is 0 Å². The average molecular weight is 420 g/mol. The summed E-state index contributed by atoms with van der Waals surface area (Å²) in [6.07, 6.45) is 3.71. The maximum absolute atomic E-state index is 12.9. The number of carbonyl (C=O) groups excluding carboxylic acids is 3. The third kappa shape index (κ3) is 5.20. The van der Waals surface area contributed by atoms with Gasteiger partial charge >= 0.3 is 0 Å². The van der Waals surface area contributed by atoms with Gasteiger partial charge in [-0.05, 0) is 57.8 Å². The summed E-state index contributed by atoms with van der Waals surface area (Å²) in [5.74, 6) is -0.0650. The predicted molar refractivity (Wildman–Crippen MR) is 120 cm³/mol. The Morgan fingerprint density at radius 2 is 1.55 bits per heavy atom. The molecular formula is C25H29N3O3. The van der Waals surface area contributed by atoms with Crippen LogP contribution in [0.1, 0.15) is 48.5 Å². The summed E-state index contributed by atoms with van der Waals surface area (Å²) in [5, 5.41) is 6.03. The first-order chi connectivity index (χ1) is 15.0. The zero-order chi connectivity index (χ0) is 21.8. The zero-order valence-electron chi connectivity index (χ0n) is 17.8. The van der Waals surface area contributed by atoms with E-state index < -0.39 is 0 Å². The van der Waals surface area contributed by atoms with Crippen LogP contribution in [0.15, 0.2) is 54.6 Å². The molecule has 0 spiro atoms. The number of hydrogen-bond acceptors (Lipinski definition) is 4. The quantitative estimate of drug-likeness (QED) is 0.676. The van der Waals surface area contributed by atoms with Gasteiger partial charge in [0, 0.05) is 23.1 Å². The molecule has 1 aliphatic heterocycles. The van der Waals surface area contributed by atoms with Crippen LogP contribution in [0.3, 0.4) is 0 Å². The molecule has 31 heavy (non-hydrogen) atoms. The molecule has 1 saturated heterocycles. The molecule has 1 aliphatic carbocycles. The van der Waals surface area contributed by atoms with Gasteiger partial charge in [0.15, 0.2) is 5.78 Å². The lowest BCUT2D eigenvalue weighted by Crippen LogP contribution is -2.48. The van der Waals surface area contributed by atoms with E-state index in [1.165, 1.54) is 0 Å². The lowest BCUT2D eigenvalue weighted by molar-refractivity contribution is -0.127. The third-order valence-electron chi connectivity index (χ3n) is 6.22. The fourth-order valence-electron chi connectivity index (χ4n) is 4.03. The number of piperidine rings is 1. The molecule has 2 fully saturated rings. The molecule has 2 N–H and O–H groups in total. The van der Waals surface area contributed by atoms with Crippen molar-refractivity contribution in [3.63, 3.8) is 0 Å². The molecule has 4 rings (SSSR count). The van der Waals surface area contributed by atoms with E-state index in [1.807, 2.05) is 31.2 Å². The van der Waals surface area contributed by atoms with Gasteiger partial charge in [-0.1, -0.05) is 42.5 Å². The fourth-order valence-corrected chi connectivity index (χ4v) is 4.03. The molecule has 2 aromatic rings. The number of anilines is 1. The molecule has 0 aromatic heterocycles. The Kier molecular flexibility index (Phi) is 6.47. The number of rotatable bonds is 7. The second-order valence-electron chi connectivity index (χ2n) is 8.50. The second-order valence-corrected chi connectivity index (χ2v) is 8.50. The number of likely N-dealkylation sites (tertiary alicyclic amines) is 1. The van der Waals surface area contributed by atoms with E-state index in [2.05, 4.69) is 15.5 Å². The minimum absolute atomic E-state index is 0.0383. The summed E-state index contributed by atoms with van der Waals surface area (Å²) >= 11 is 0. The van der Waals surface area contributed by atoms with Gasteiger partial charge in [0.2, 0.25) is 11.8 Å². The molecular weight excluding hydrogens is 390 g/mol. The van der Waals surface area contributed by atoms with Crippen molar-refractivity contribution in [1.82, 2.24) is 10.2 Å². The van der Waals surface area contributed by atoms with Crippen LogP contribution in [0.4, 0.5) is 5.69 Å². The van der Waals surface area contributed by atoms with Crippen LogP contribution in [0.25, 0.3) is 0 Å². The highest BCUT2D eigenvalue weighted by Crippen LogP contribution is 2.24. The molecule has 1 heterocycles. The Balaban J connectivity index is 1.36. The summed E-state index contributed by atoms with van der Waals surface area (Å²) < 4.78 is 0. The van der Waals surface area contributed by atoms with Crippen LogP contribution < -0.4 is 10.6 Å². The topological polar surface area (TPSA) is 78.5 Å². The SMILES string of the molecule is CC(C(=O)Nc1ccccc1C(=O)c1ccccc1)N1CCC(C(=O)NC2CC2)CC1. The number of benzene rings is 2.